The molecule has 0 bridgehead atoms. The molecule has 1 aromatic rings. The van der Waals surface area contributed by atoms with Crippen LogP contribution >= 0.6 is 0 Å². The number of carbonyl (C=O) groups is 1. The number of hydrogen-bond acceptors (Lipinski definition) is 3. The molecule has 0 aromatic heterocycles. The van der Waals surface area contributed by atoms with Gasteiger partial charge in [0.25, 0.3) is 0 Å². The van der Waals surface area contributed by atoms with Crippen molar-refractivity contribution in [3.05, 3.63) is 35.4 Å². The molecule has 4 heteroatoms. The van der Waals surface area contributed by atoms with Crippen LogP contribution in [-0.4, -0.2) is 33.2 Å². The number of aliphatic hydroxyl groups is 1. The lowest BCUT2D eigenvalue weighted by atomic mass is 10.0. The van der Waals surface area contributed by atoms with Gasteiger partial charge in [-0.3, -0.25) is 9.69 Å². The second kappa shape index (κ2) is 5.98. The number of hydrogen-bond donors (Lipinski definition) is 2. The Morgan fingerprint density at radius 3 is 2.11 bits per heavy atom. The van der Waals surface area contributed by atoms with Crippen molar-refractivity contribution in [1.29, 1.82) is 0 Å². The minimum absolute atomic E-state index is 0.0262. The zero-order chi connectivity index (χ0) is 13.8. The minimum Gasteiger partial charge on any atom is -0.480 e. The Balaban J connectivity index is 2.82. The van der Waals surface area contributed by atoms with Crippen LogP contribution in [0, 0.1) is 0 Å². The molecular weight excluding hydrogens is 230 g/mol. The third-order valence-electron chi connectivity index (χ3n) is 3.27. The molecule has 0 saturated carbocycles. The van der Waals surface area contributed by atoms with Crippen molar-refractivity contribution >= 4 is 5.97 Å². The van der Waals surface area contributed by atoms with E-state index in [1.165, 1.54) is 0 Å². The fourth-order valence-electron chi connectivity index (χ4n) is 1.81. The Kier molecular flexibility index (Phi) is 4.87. The number of carboxylic acids is 1. The van der Waals surface area contributed by atoms with E-state index in [1.807, 2.05) is 36.1 Å². The number of likely N-dealkylation sites (N-methyl/N-ethyl adjacent to an activating group) is 1. The van der Waals surface area contributed by atoms with E-state index in [0.29, 0.717) is 13.1 Å². The highest BCUT2D eigenvalue weighted by Gasteiger charge is 2.33. The average Bonchev–Trinajstić information content (AvgIpc) is 2.36. The zero-order valence-corrected chi connectivity index (χ0v) is 11.2. The van der Waals surface area contributed by atoms with Gasteiger partial charge < -0.3 is 10.2 Å². The Morgan fingerprint density at radius 1 is 1.22 bits per heavy atom. The summed E-state index contributed by atoms with van der Waals surface area (Å²) in [6.07, 6.45) is 0. The summed E-state index contributed by atoms with van der Waals surface area (Å²) in [5, 5.41) is 18.2. The third kappa shape index (κ3) is 3.31. The second-order valence-electron chi connectivity index (χ2n) is 4.85. The normalized spacial score (nSPS) is 11.8. The van der Waals surface area contributed by atoms with Crippen molar-refractivity contribution in [3.63, 3.8) is 0 Å². The average molecular weight is 251 g/mol. The molecule has 0 atom stereocenters. The van der Waals surface area contributed by atoms with Crippen LogP contribution in [0.2, 0.25) is 0 Å². The summed E-state index contributed by atoms with van der Waals surface area (Å²) in [7, 11) is 0. The third-order valence-corrected chi connectivity index (χ3v) is 3.27. The van der Waals surface area contributed by atoms with Crippen LogP contribution in [0.5, 0.6) is 0 Å². The first-order valence-electron chi connectivity index (χ1n) is 6.09. The lowest BCUT2D eigenvalue weighted by Crippen LogP contribution is -2.49. The van der Waals surface area contributed by atoms with E-state index in [4.69, 9.17) is 5.11 Å². The first-order valence-corrected chi connectivity index (χ1v) is 6.09. The maximum atomic E-state index is 11.2. The molecule has 0 aliphatic rings. The van der Waals surface area contributed by atoms with Gasteiger partial charge in [-0.15, -0.1) is 0 Å². The summed E-state index contributed by atoms with van der Waals surface area (Å²) in [5.74, 6) is -0.823. The van der Waals surface area contributed by atoms with Gasteiger partial charge in [0.05, 0.1) is 6.61 Å². The Labute approximate surface area is 108 Å². The van der Waals surface area contributed by atoms with Crippen molar-refractivity contribution < 1.29 is 15.0 Å². The largest absolute Gasteiger partial charge is 0.480 e. The zero-order valence-electron chi connectivity index (χ0n) is 11.2. The molecule has 0 aliphatic heterocycles. The predicted octanol–water partition coefficient (Wildman–Crippen LogP) is 1.86. The van der Waals surface area contributed by atoms with Crippen molar-refractivity contribution in [2.24, 2.45) is 0 Å². The molecule has 100 valence electrons. The number of rotatable bonds is 6. The standard InChI is InChI=1S/C14H21NO3/c1-4-15(14(2,3)13(17)18)9-11-5-7-12(10-16)8-6-11/h5-8,16H,4,9-10H2,1-3H3,(H,17,18). The molecule has 1 rings (SSSR count). The van der Waals surface area contributed by atoms with E-state index in [1.54, 1.807) is 13.8 Å². The monoisotopic (exact) mass is 251 g/mol. The lowest BCUT2D eigenvalue weighted by molar-refractivity contribution is -0.149. The molecule has 0 heterocycles. The van der Waals surface area contributed by atoms with Crippen LogP contribution in [0.3, 0.4) is 0 Å². The maximum absolute atomic E-state index is 11.2. The molecule has 0 fully saturated rings. The van der Waals surface area contributed by atoms with E-state index < -0.39 is 11.5 Å². The molecular formula is C14H21NO3. The molecule has 2 N–H and O–H groups in total. The van der Waals surface area contributed by atoms with Crippen molar-refractivity contribution in [3.8, 4) is 0 Å². The second-order valence-corrected chi connectivity index (χ2v) is 4.85. The number of aliphatic hydroxyl groups excluding tert-OH is 1. The summed E-state index contributed by atoms with van der Waals surface area (Å²) in [5.41, 5.74) is 1.02. The number of nitrogens with zero attached hydrogens (tertiary/aromatic N) is 1. The first-order chi connectivity index (χ1) is 8.41. The molecule has 0 saturated heterocycles. The Morgan fingerprint density at radius 2 is 1.72 bits per heavy atom. The number of aliphatic carboxylic acids is 1. The van der Waals surface area contributed by atoms with Crippen LogP contribution in [0.25, 0.3) is 0 Å². The SMILES string of the molecule is CCN(Cc1ccc(CO)cc1)C(C)(C)C(=O)O. The van der Waals surface area contributed by atoms with E-state index >= 15 is 0 Å². The predicted molar refractivity (Wildman–Crippen MR) is 70.2 cm³/mol. The summed E-state index contributed by atoms with van der Waals surface area (Å²) in [6.45, 7) is 6.65. The fourth-order valence-corrected chi connectivity index (χ4v) is 1.81. The van der Waals surface area contributed by atoms with Gasteiger partial charge in [-0.1, -0.05) is 31.2 Å². The molecule has 1 aromatic carbocycles. The highest BCUT2D eigenvalue weighted by Crippen LogP contribution is 2.18. The fraction of sp³-hybridized carbons (Fsp3) is 0.500. The van der Waals surface area contributed by atoms with Gasteiger partial charge in [-0.25, -0.2) is 0 Å². The molecule has 4 nitrogen and oxygen atoms in total. The van der Waals surface area contributed by atoms with Crippen molar-refractivity contribution in [1.82, 2.24) is 4.90 Å². The first kappa shape index (κ1) is 14.7. The van der Waals surface area contributed by atoms with E-state index in [2.05, 4.69) is 0 Å². The minimum atomic E-state index is -0.885. The van der Waals surface area contributed by atoms with Crippen molar-refractivity contribution in [2.75, 3.05) is 6.54 Å². The van der Waals surface area contributed by atoms with Gasteiger partial charge in [0.15, 0.2) is 0 Å². The summed E-state index contributed by atoms with van der Waals surface area (Å²) in [6, 6.07) is 7.56. The topological polar surface area (TPSA) is 60.8 Å². The van der Waals surface area contributed by atoms with Crippen LogP contribution in [0.1, 0.15) is 31.9 Å². The van der Waals surface area contributed by atoms with E-state index in [9.17, 15) is 9.90 Å². The van der Waals surface area contributed by atoms with Crippen LogP contribution in [-0.2, 0) is 17.9 Å². The smallest absolute Gasteiger partial charge is 0.323 e. The van der Waals surface area contributed by atoms with Gasteiger partial charge in [0, 0.05) is 6.54 Å². The van der Waals surface area contributed by atoms with E-state index in [-0.39, 0.29) is 6.61 Å². The van der Waals surface area contributed by atoms with Gasteiger partial charge >= 0.3 is 5.97 Å². The lowest BCUT2D eigenvalue weighted by Gasteiger charge is -2.34. The summed E-state index contributed by atoms with van der Waals surface area (Å²) < 4.78 is 0. The Hall–Kier alpha value is -1.39. The van der Waals surface area contributed by atoms with Crippen LogP contribution < -0.4 is 0 Å². The van der Waals surface area contributed by atoms with Gasteiger partial charge in [-0.2, -0.15) is 0 Å². The molecule has 18 heavy (non-hydrogen) atoms. The Bertz CT molecular complexity index is 398. The number of benzene rings is 1. The molecule has 0 aliphatic carbocycles. The summed E-state index contributed by atoms with van der Waals surface area (Å²) in [4.78, 5) is 13.1. The van der Waals surface area contributed by atoms with Crippen molar-refractivity contribution in [2.45, 2.75) is 39.5 Å². The quantitative estimate of drug-likeness (QED) is 0.810. The molecule has 0 spiro atoms. The van der Waals surface area contributed by atoms with Gasteiger partial charge in [0.1, 0.15) is 5.54 Å². The maximum Gasteiger partial charge on any atom is 0.323 e. The van der Waals surface area contributed by atoms with Crippen LogP contribution in [0.15, 0.2) is 24.3 Å². The van der Waals surface area contributed by atoms with Crippen LogP contribution in [0.4, 0.5) is 0 Å². The van der Waals surface area contributed by atoms with E-state index in [0.717, 1.165) is 11.1 Å². The van der Waals surface area contributed by atoms with Gasteiger partial charge in [-0.05, 0) is 31.5 Å². The summed E-state index contributed by atoms with van der Waals surface area (Å²) >= 11 is 0. The van der Waals surface area contributed by atoms with Gasteiger partial charge in [0.2, 0.25) is 0 Å². The molecule has 0 amide bonds. The highest BCUT2D eigenvalue weighted by molar-refractivity contribution is 5.77. The molecule has 0 unspecified atom stereocenters. The molecule has 0 radical (unpaired) electrons. The number of carboxylic acid groups (broad SMARTS) is 1. The highest BCUT2D eigenvalue weighted by atomic mass is 16.4.